The molecule has 3 aromatic carbocycles. The molecule has 114 heavy (non-hydrogen) atoms. The lowest BCUT2D eigenvalue weighted by molar-refractivity contribution is -0.576. The van der Waals surface area contributed by atoms with E-state index in [-0.39, 0.29) is 145 Å². The van der Waals surface area contributed by atoms with E-state index in [1.54, 1.807) is 34.6 Å². The number of alkyl halides is 12. The van der Waals surface area contributed by atoms with E-state index in [4.69, 9.17) is 43.6 Å². The fourth-order valence-corrected chi connectivity index (χ4v) is 17.2. The minimum absolute atomic E-state index is 0.00680. The molecule has 3 saturated heterocycles. The van der Waals surface area contributed by atoms with E-state index in [1.165, 1.54) is 23.5 Å². The Kier molecular flexibility index (Phi) is 21.2. The van der Waals surface area contributed by atoms with Crippen LogP contribution in [0, 0.1) is 40.7 Å². The highest BCUT2D eigenvalue weighted by molar-refractivity contribution is 6.35. The molecule has 11 aromatic rings. The van der Waals surface area contributed by atoms with Crippen molar-refractivity contribution in [3.05, 3.63) is 164 Å². The second-order valence-electron chi connectivity index (χ2n) is 29.0. The van der Waals surface area contributed by atoms with E-state index in [2.05, 4.69) is 59.8 Å². The molecule has 25 nitrogen and oxygen atoms in total. The Labute approximate surface area is 653 Å². The Morgan fingerprint density at radius 2 is 0.939 bits per heavy atom. The van der Waals surface area contributed by atoms with Crippen molar-refractivity contribution in [3.63, 3.8) is 0 Å². The highest BCUT2D eigenvalue weighted by atomic mass is 35.5. The van der Waals surface area contributed by atoms with Gasteiger partial charge in [0.1, 0.15) is 23.2 Å². The monoisotopic (exact) mass is 1650 g/mol. The molecule has 6 atom stereocenters. The number of hydrogen-bond donors (Lipinski definition) is 0. The number of hydrogen-bond acceptors (Lipinski definition) is 19. The van der Waals surface area contributed by atoms with Gasteiger partial charge < -0.3 is 57.1 Å². The smallest absolute Gasteiger partial charge is 0.452 e. The summed E-state index contributed by atoms with van der Waals surface area (Å²) in [7, 11) is 0. The molecule has 3 fully saturated rings. The van der Waals surface area contributed by atoms with Gasteiger partial charge in [-0.1, -0.05) is 60.7 Å². The van der Waals surface area contributed by atoms with Crippen molar-refractivity contribution in [3.8, 4) is 22.9 Å². The van der Waals surface area contributed by atoms with Crippen LogP contribution in [0.25, 0.3) is 55.6 Å². The third-order valence-electron chi connectivity index (χ3n) is 21.9. The van der Waals surface area contributed by atoms with E-state index in [1.807, 2.05) is 62.1 Å². The molecule has 8 aromatic heterocycles. The van der Waals surface area contributed by atoms with E-state index in [9.17, 15) is 72.3 Å². The van der Waals surface area contributed by atoms with Gasteiger partial charge in [0.25, 0.3) is 0 Å². The van der Waals surface area contributed by atoms with Crippen LogP contribution < -0.4 is 19.4 Å². The first kappa shape index (κ1) is 78.7. The average molecular weight is 1650 g/mol. The number of nitrogens with zero attached hydrogens (tertiary/aromatic N) is 18. The summed E-state index contributed by atoms with van der Waals surface area (Å²) >= 11 is 19.6. The standard InChI is InChI=1S/C26H23ClF3N5O3.C25H23ClF3N7O2.C23H21ClF6N6O2/c1-14-12-34(22-17-3-2-15(24-31-6-9-37-24)10-20(17)32-11-19(22)27)7-4-16(14)25(36)35-8-5-18-21(13-35)33-38-23(18)26(28,29)30;1-14-12-34(21-17-3-2-15(22-30-5-9-38-22)10-19(17)31-11-18(21)26)6-4-16(14)23(37)35-7-8-36-20(13-35)32-33-24(36)25(27,28)29;1-12-9-33(19-15-3-2-13(22(25,26)27)8-17(15)36(38)10-16(19)24)5-4-14(12)20(37)34-6-7-35-18(11-34)31-32-21(35)23(28,29)30/h2-3,6,9-11,14,16H,4-5,7-8,12-13H2,1H3;2-3,5,9-11,14,16H,4,6-8,12-13H2,1H3;2-3,8,10,12,14H,4-7,9,11H2,1H3/t2*14-,16+;12-,14+/m111/s1. The number of anilines is 3. The molecule has 0 bridgehead atoms. The van der Waals surface area contributed by atoms with Crippen molar-refractivity contribution in [2.75, 3.05) is 73.6 Å². The Morgan fingerprint density at radius 3 is 1.35 bits per heavy atom. The molecule has 0 spiro atoms. The summed E-state index contributed by atoms with van der Waals surface area (Å²) in [6, 6.07) is 14.4. The van der Waals surface area contributed by atoms with E-state index >= 15 is 0 Å². The van der Waals surface area contributed by atoms with E-state index in [0.717, 1.165) is 71.8 Å². The lowest BCUT2D eigenvalue weighted by atomic mass is 9.84. The molecular formula is C74H67Cl3F12N18O7. The predicted molar refractivity (Wildman–Crippen MR) is 387 cm³/mol. The quantitative estimate of drug-likeness (QED) is 0.0777. The van der Waals surface area contributed by atoms with Crippen molar-refractivity contribution in [1.29, 1.82) is 0 Å². The van der Waals surface area contributed by atoms with Gasteiger partial charge in [-0.25, -0.2) is 9.97 Å². The normalized spacial score (nSPS) is 20.3. The summed E-state index contributed by atoms with van der Waals surface area (Å²) in [5.74, 6) is -3.48. The average Bonchev–Trinajstić information content (AvgIpc) is 1.19. The second kappa shape index (κ2) is 30.7. The maximum atomic E-state index is 13.4. The van der Waals surface area contributed by atoms with Crippen molar-refractivity contribution >= 4 is 102 Å². The lowest BCUT2D eigenvalue weighted by Gasteiger charge is -2.40. The Balaban J connectivity index is 0.000000135. The fourth-order valence-electron chi connectivity index (χ4n) is 16.3. The zero-order chi connectivity index (χ0) is 80.8. The van der Waals surface area contributed by atoms with E-state index in [0.29, 0.717) is 90.8 Å². The maximum Gasteiger partial charge on any atom is 0.452 e. The third-order valence-corrected chi connectivity index (χ3v) is 22.7. The van der Waals surface area contributed by atoms with Gasteiger partial charge in [-0.15, -0.1) is 20.4 Å². The van der Waals surface area contributed by atoms with Crippen LogP contribution in [0.5, 0.6) is 0 Å². The SMILES string of the molecule is C[C@@H]1CN(c2c(Cl)c[n+]([O-])c3cc(C(F)(F)F)ccc23)CC[C@@H]1C(=O)N1CCn2c(nnc2C(F)(F)F)C1.C[C@@H]1CN(c2c(Cl)cnc3cc(-c4ncco4)ccc23)CC[C@@H]1C(=O)N1CCc2c(noc2C(F)(F)F)C1.C[C@@H]1CN(c2c(Cl)cnc3cc(-c4ncco4)ccc23)CC[C@@H]1C(=O)N1CCn2c(nnc2C(F)(F)F)C1. The van der Waals surface area contributed by atoms with Crippen molar-refractivity contribution in [1.82, 2.24) is 69.3 Å². The molecule has 40 heteroatoms. The molecule has 0 saturated carbocycles. The van der Waals surface area contributed by atoms with Gasteiger partial charge in [0, 0.05) is 136 Å². The van der Waals surface area contributed by atoms with Crippen LogP contribution in [-0.2, 0) is 78.2 Å². The number of fused-ring (bicyclic) bond motifs is 6. The van der Waals surface area contributed by atoms with Gasteiger partial charge >= 0.3 is 24.7 Å². The van der Waals surface area contributed by atoms with E-state index < -0.39 is 53.6 Å². The van der Waals surface area contributed by atoms with Crippen LogP contribution in [0.4, 0.5) is 69.7 Å². The minimum atomic E-state index is -4.64. The molecule has 0 radical (unpaired) electrons. The Morgan fingerprint density at radius 1 is 0.500 bits per heavy atom. The molecule has 17 rings (SSSR count). The first-order chi connectivity index (χ1) is 54.2. The van der Waals surface area contributed by atoms with Crippen LogP contribution in [0.2, 0.25) is 15.1 Å². The Bertz CT molecular complexity index is 5240. The number of oxazole rings is 2. The van der Waals surface area contributed by atoms with Crippen LogP contribution >= 0.6 is 34.8 Å². The van der Waals surface area contributed by atoms with Crippen LogP contribution in [0.1, 0.15) is 85.9 Å². The molecule has 3 amide bonds. The number of carbonyl (C=O) groups excluding carboxylic acids is 3. The van der Waals surface area contributed by atoms with Gasteiger partial charge in [-0.2, -0.15) is 57.4 Å². The number of amides is 3. The first-order valence-corrected chi connectivity index (χ1v) is 37.3. The molecule has 0 aliphatic carbocycles. The number of carbonyl (C=O) groups is 3. The van der Waals surface area contributed by atoms with Gasteiger partial charge in [0.05, 0.1) is 81.1 Å². The molecule has 0 N–H and O–H groups in total. The number of rotatable bonds is 8. The third kappa shape index (κ3) is 15.4. The summed E-state index contributed by atoms with van der Waals surface area (Å²) in [5.41, 5.74) is 4.34. The summed E-state index contributed by atoms with van der Waals surface area (Å²) in [6.45, 7) is 9.30. The first-order valence-electron chi connectivity index (χ1n) is 36.2. The number of benzene rings is 3. The van der Waals surface area contributed by atoms with Gasteiger partial charge in [0.2, 0.25) is 58.6 Å². The van der Waals surface area contributed by atoms with Crippen LogP contribution in [-0.4, -0.2) is 146 Å². The van der Waals surface area contributed by atoms with Crippen molar-refractivity contribution < 1.29 is 85.2 Å². The van der Waals surface area contributed by atoms with Gasteiger partial charge in [-0.3, -0.25) is 24.4 Å². The zero-order valence-corrected chi connectivity index (χ0v) is 62.8. The molecule has 0 unspecified atom stereocenters. The number of halogens is 15. The Hall–Kier alpha value is -10.6. The highest BCUT2D eigenvalue weighted by Crippen LogP contribution is 2.45. The van der Waals surface area contributed by atoms with Crippen molar-refractivity contribution in [2.45, 2.75) is 104 Å². The number of piperidine rings is 3. The van der Waals surface area contributed by atoms with Gasteiger partial charge in [-0.05, 0) is 92.0 Å². The number of pyridine rings is 3. The highest BCUT2D eigenvalue weighted by Gasteiger charge is 2.47. The molecule has 6 aliphatic rings. The molecule has 600 valence electrons. The predicted octanol–water partition coefficient (Wildman–Crippen LogP) is 14.5. The summed E-state index contributed by atoms with van der Waals surface area (Å²) in [4.78, 5) is 68.4. The largest absolute Gasteiger partial charge is 0.618 e. The van der Waals surface area contributed by atoms with Crippen LogP contribution in [0.15, 0.2) is 111 Å². The van der Waals surface area contributed by atoms with Gasteiger partial charge in [0.15, 0.2) is 11.6 Å². The van der Waals surface area contributed by atoms with Crippen LogP contribution in [0.3, 0.4) is 0 Å². The fraction of sp³-hybridized carbons (Fsp3) is 0.419. The molecular weight excluding hydrogens is 1590 g/mol. The molecule has 6 aliphatic heterocycles. The molecule has 14 heterocycles. The zero-order valence-electron chi connectivity index (χ0n) is 60.5. The van der Waals surface area contributed by atoms with Crippen molar-refractivity contribution in [2.24, 2.45) is 35.5 Å². The minimum Gasteiger partial charge on any atom is -0.618 e. The second-order valence-corrected chi connectivity index (χ2v) is 30.2. The summed E-state index contributed by atoms with van der Waals surface area (Å²) in [5, 5.41) is 33.0. The lowest BCUT2D eigenvalue weighted by Crippen LogP contribution is -2.49. The maximum absolute atomic E-state index is 13.4. The summed E-state index contributed by atoms with van der Waals surface area (Å²) in [6.07, 6.45) is -6.34. The summed E-state index contributed by atoms with van der Waals surface area (Å²) < 4.78 is 176. The topological polar surface area (TPSA) is 263 Å². The number of aromatic nitrogens is 12.